The number of halogens is 3. The number of carbonyl (C=O) groups is 2. The molecule has 4 rings (SSSR count). The van der Waals surface area contributed by atoms with Gasteiger partial charge in [0.25, 0.3) is 5.91 Å². The lowest BCUT2D eigenvalue weighted by molar-refractivity contribution is -0.121. The Morgan fingerprint density at radius 2 is 1.86 bits per heavy atom. The van der Waals surface area contributed by atoms with Gasteiger partial charge in [-0.3, -0.25) is 9.59 Å². The molecular formula is C21H18F3NO4. The van der Waals surface area contributed by atoms with E-state index in [0.717, 1.165) is 18.2 Å². The SMILES string of the molecule is CC(Oc1c(F)cccc1F)C1CN(C(=O)c2cc3c(cc2F)OCC(=O)C3)C1. The Hall–Kier alpha value is -3.03. The van der Waals surface area contributed by atoms with E-state index in [-0.39, 0.29) is 49.1 Å². The summed E-state index contributed by atoms with van der Waals surface area (Å²) in [6.07, 6.45) is -0.442. The van der Waals surface area contributed by atoms with Crippen LogP contribution in [0.2, 0.25) is 0 Å². The van der Waals surface area contributed by atoms with Crippen LogP contribution < -0.4 is 9.47 Å². The van der Waals surface area contributed by atoms with Crippen molar-refractivity contribution in [2.75, 3.05) is 19.7 Å². The number of Topliss-reactive ketones (excluding diaryl/α,β-unsaturated/α-hetero) is 1. The summed E-state index contributed by atoms with van der Waals surface area (Å²) in [7, 11) is 0. The lowest BCUT2D eigenvalue weighted by Gasteiger charge is -2.42. The van der Waals surface area contributed by atoms with E-state index < -0.39 is 35.2 Å². The van der Waals surface area contributed by atoms with Crippen molar-refractivity contribution in [1.82, 2.24) is 4.90 Å². The fourth-order valence-electron chi connectivity index (χ4n) is 3.48. The zero-order valence-electron chi connectivity index (χ0n) is 15.6. The summed E-state index contributed by atoms with van der Waals surface area (Å²) in [4.78, 5) is 25.6. The third-order valence-electron chi connectivity index (χ3n) is 5.24. The molecule has 1 saturated heterocycles. The molecular weight excluding hydrogens is 387 g/mol. The maximum absolute atomic E-state index is 14.4. The first-order chi connectivity index (χ1) is 13.8. The minimum Gasteiger partial charge on any atom is -0.485 e. The van der Waals surface area contributed by atoms with E-state index in [1.807, 2.05) is 0 Å². The fourth-order valence-corrected chi connectivity index (χ4v) is 3.48. The first-order valence-corrected chi connectivity index (χ1v) is 9.20. The van der Waals surface area contributed by atoms with Gasteiger partial charge in [0.15, 0.2) is 23.2 Å². The molecule has 0 bridgehead atoms. The number of ketones is 1. The zero-order valence-corrected chi connectivity index (χ0v) is 15.6. The van der Waals surface area contributed by atoms with Crippen molar-refractivity contribution in [3.63, 3.8) is 0 Å². The highest BCUT2D eigenvalue weighted by atomic mass is 19.1. The molecule has 1 unspecified atom stereocenters. The number of nitrogens with zero attached hydrogens (tertiary/aromatic N) is 1. The van der Waals surface area contributed by atoms with E-state index in [2.05, 4.69) is 0 Å². The summed E-state index contributed by atoms with van der Waals surface area (Å²) >= 11 is 0. The maximum atomic E-state index is 14.4. The van der Waals surface area contributed by atoms with Crippen LogP contribution in [0.1, 0.15) is 22.8 Å². The lowest BCUT2D eigenvalue weighted by Crippen LogP contribution is -2.55. The van der Waals surface area contributed by atoms with Crippen LogP contribution in [0.3, 0.4) is 0 Å². The number of para-hydroxylation sites is 1. The highest BCUT2D eigenvalue weighted by Gasteiger charge is 2.37. The summed E-state index contributed by atoms with van der Waals surface area (Å²) in [5, 5.41) is 0. The van der Waals surface area contributed by atoms with E-state index in [4.69, 9.17) is 9.47 Å². The number of ether oxygens (including phenoxy) is 2. The van der Waals surface area contributed by atoms with Crippen LogP contribution >= 0.6 is 0 Å². The lowest BCUT2D eigenvalue weighted by atomic mass is 9.93. The highest BCUT2D eigenvalue weighted by Crippen LogP contribution is 2.31. The largest absolute Gasteiger partial charge is 0.485 e. The molecule has 0 spiro atoms. The third kappa shape index (κ3) is 3.66. The first kappa shape index (κ1) is 19.3. The molecule has 0 saturated carbocycles. The fraction of sp³-hybridized carbons (Fsp3) is 0.333. The van der Waals surface area contributed by atoms with Gasteiger partial charge in [0.05, 0.1) is 5.56 Å². The normalized spacial score (nSPS) is 17.2. The van der Waals surface area contributed by atoms with Crippen LogP contribution in [-0.4, -0.2) is 42.4 Å². The predicted molar refractivity (Wildman–Crippen MR) is 96.4 cm³/mol. The van der Waals surface area contributed by atoms with Crippen molar-refractivity contribution in [3.05, 3.63) is 58.9 Å². The first-order valence-electron chi connectivity index (χ1n) is 9.20. The number of fused-ring (bicyclic) bond motifs is 1. The van der Waals surface area contributed by atoms with Gasteiger partial charge in [-0.2, -0.15) is 0 Å². The maximum Gasteiger partial charge on any atom is 0.256 e. The van der Waals surface area contributed by atoms with Crippen molar-refractivity contribution in [3.8, 4) is 11.5 Å². The van der Waals surface area contributed by atoms with Crippen LogP contribution in [0.15, 0.2) is 30.3 Å². The van der Waals surface area contributed by atoms with E-state index in [1.54, 1.807) is 6.92 Å². The van der Waals surface area contributed by atoms with Gasteiger partial charge in [-0.05, 0) is 25.1 Å². The number of amides is 1. The summed E-state index contributed by atoms with van der Waals surface area (Å²) in [6.45, 7) is 2.10. The van der Waals surface area contributed by atoms with Crippen LogP contribution in [0, 0.1) is 23.4 Å². The molecule has 1 amide bonds. The molecule has 2 aromatic carbocycles. The number of rotatable bonds is 4. The highest BCUT2D eigenvalue weighted by molar-refractivity contribution is 5.96. The number of likely N-dealkylation sites (tertiary alicyclic amines) is 1. The van der Waals surface area contributed by atoms with Gasteiger partial charge in [0.2, 0.25) is 0 Å². The van der Waals surface area contributed by atoms with Crippen molar-refractivity contribution in [2.45, 2.75) is 19.4 Å². The minimum atomic E-state index is -0.794. The van der Waals surface area contributed by atoms with Gasteiger partial charge < -0.3 is 14.4 Å². The Balaban J connectivity index is 1.41. The summed E-state index contributed by atoms with van der Waals surface area (Å²) in [5.74, 6) is -3.28. The van der Waals surface area contributed by atoms with Gasteiger partial charge >= 0.3 is 0 Å². The molecule has 1 fully saturated rings. The van der Waals surface area contributed by atoms with Gasteiger partial charge in [-0.1, -0.05) is 6.07 Å². The number of hydrogen-bond acceptors (Lipinski definition) is 4. The van der Waals surface area contributed by atoms with Gasteiger partial charge in [-0.15, -0.1) is 0 Å². The smallest absolute Gasteiger partial charge is 0.256 e. The summed E-state index contributed by atoms with van der Waals surface area (Å²) in [6, 6.07) is 5.94. The van der Waals surface area contributed by atoms with Gasteiger partial charge in [0, 0.05) is 37.1 Å². The molecule has 0 aromatic heterocycles. The summed E-state index contributed by atoms with van der Waals surface area (Å²) < 4.78 is 52.4. The second-order valence-electron chi connectivity index (χ2n) is 7.29. The van der Waals surface area contributed by atoms with Gasteiger partial charge in [-0.25, -0.2) is 13.2 Å². The Morgan fingerprint density at radius 3 is 2.55 bits per heavy atom. The molecule has 8 heteroatoms. The second-order valence-corrected chi connectivity index (χ2v) is 7.29. The Labute approximate surface area is 165 Å². The molecule has 2 aliphatic rings. The molecule has 2 aliphatic heterocycles. The van der Waals surface area contributed by atoms with Crippen molar-refractivity contribution < 1.29 is 32.2 Å². The standard InChI is InChI=1S/C21H18F3NO4/c1-11(29-20-16(22)3-2-4-17(20)23)13-8-25(9-13)21(27)15-6-12-5-14(26)10-28-19(12)7-18(15)24/h2-4,6-7,11,13H,5,8-10H2,1H3. The van der Waals surface area contributed by atoms with Crippen molar-refractivity contribution in [1.29, 1.82) is 0 Å². The molecule has 1 atom stereocenters. The average molecular weight is 405 g/mol. The molecule has 0 N–H and O–H groups in total. The average Bonchev–Trinajstić information content (AvgIpc) is 2.63. The van der Waals surface area contributed by atoms with E-state index in [0.29, 0.717) is 5.56 Å². The van der Waals surface area contributed by atoms with Crippen LogP contribution in [0.4, 0.5) is 13.2 Å². The molecule has 2 heterocycles. The Bertz CT molecular complexity index is 968. The predicted octanol–water partition coefficient (Wildman–Crippen LogP) is 3.15. The van der Waals surface area contributed by atoms with E-state index in [1.165, 1.54) is 17.0 Å². The van der Waals surface area contributed by atoms with Crippen molar-refractivity contribution in [2.24, 2.45) is 5.92 Å². The molecule has 0 aliphatic carbocycles. The Kier molecular flexibility index (Phi) is 4.94. The molecule has 152 valence electrons. The summed E-state index contributed by atoms with van der Waals surface area (Å²) in [5.41, 5.74) is 0.351. The molecule has 5 nitrogen and oxygen atoms in total. The number of carbonyl (C=O) groups excluding carboxylic acids is 2. The van der Waals surface area contributed by atoms with E-state index >= 15 is 0 Å². The topological polar surface area (TPSA) is 55.8 Å². The zero-order chi connectivity index (χ0) is 20.7. The monoisotopic (exact) mass is 405 g/mol. The van der Waals surface area contributed by atoms with Gasteiger partial charge in [0.1, 0.15) is 24.3 Å². The minimum absolute atomic E-state index is 0.0948. The van der Waals surface area contributed by atoms with E-state index in [9.17, 15) is 22.8 Å². The molecule has 2 aromatic rings. The molecule has 29 heavy (non-hydrogen) atoms. The Morgan fingerprint density at radius 1 is 1.17 bits per heavy atom. The van der Waals surface area contributed by atoms with Crippen LogP contribution in [-0.2, 0) is 11.2 Å². The van der Waals surface area contributed by atoms with Crippen molar-refractivity contribution >= 4 is 11.7 Å². The quantitative estimate of drug-likeness (QED) is 0.784. The number of benzene rings is 2. The van der Waals surface area contributed by atoms with Crippen LogP contribution in [0.25, 0.3) is 0 Å². The third-order valence-corrected chi connectivity index (χ3v) is 5.24. The number of hydrogen-bond donors (Lipinski definition) is 0. The van der Waals surface area contributed by atoms with Crippen LogP contribution in [0.5, 0.6) is 11.5 Å². The second kappa shape index (κ2) is 7.42. The molecule has 0 radical (unpaired) electrons.